The predicted octanol–water partition coefficient (Wildman–Crippen LogP) is 3.01. The van der Waals surface area contributed by atoms with Gasteiger partial charge in [0.25, 0.3) is 0 Å². The van der Waals surface area contributed by atoms with Crippen molar-refractivity contribution < 1.29 is 4.74 Å². The molecule has 0 spiro atoms. The SMILES string of the molecule is C=CCC[C@@](C)(OC)C(C)C. The zero-order valence-electron chi connectivity index (χ0n) is 8.18. The Labute approximate surface area is 70.4 Å². The van der Waals surface area contributed by atoms with Gasteiger partial charge in [-0.15, -0.1) is 6.58 Å². The number of hydrogen-bond donors (Lipinski definition) is 0. The second-order valence-electron chi connectivity index (χ2n) is 3.50. The molecule has 0 radical (unpaired) electrons. The van der Waals surface area contributed by atoms with Gasteiger partial charge in [0.2, 0.25) is 0 Å². The first-order valence-electron chi connectivity index (χ1n) is 4.23. The molecule has 0 aromatic heterocycles. The second kappa shape index (κ2) is 4.55. The molecule has 0 saturated heterocycles. The maximum Gasteiger partial charge on any atom is 0.0676 e. The van der Waals surface area contributed by atoms with Crippen molar-refractivity contribution in [2.75, 3.05) is 7.11 Å². The summed E-state index contributed by atoms with van der Waals surface area (Å²) in [5.41, 5.74) is 0.0220. The Bertz CT molecular complexity index is 118. The summed E-state index contributed by atoms with van der Waals surface area (Å²) in [5, 5.41) is 0. The molecule has 1 nitrogen and oxygen atoms in total. The molecule has 0 aliphatic carbocycles. The predicted molar refractivity (Wildman–Crippen MR) is 49.7 cm³/mol. The zero-order chi connectivity index (χ0) is 8.91. The Morgan fingerprint density at radius 2 is 2.09 bits per heavy atom. The van der Waals surface area contributed by atoms with E-state index in [0.29, 0.717) is 5.92 Å². The molecule has 0 fully saturated rings. The molecule has 1 atom stereocenters. The molecule has 0 rings (SSSR count). The lowest BCUT2D eigenvalue weighted by Crippen LogP contribution is -2.33. The van der Waals surface area contributed by atoms with Gasteiger partial charge in [-0.1, -0.05) is 19.9 Å². The molecule has 0 aromatic carbocycles. The Morgan fingerprint density at radius 3 is 2.36 bits per heavy atom. The van der Waals surface area contributed by atoms with E-state index in [1.54, 1.807) is 7.11 Å². The van der Waals surface area contributed by atoms with Crippen LogP contribution in [0.15, 0.2) is 12.7 Å². The number of ether oxygens (including phenoxy) is 1. The first-order valence-corrected chi connectivity index (χ1v) is 4.23. The van der Waals surface area contributed by atoms with Crippen LogP contribution in [0.3, 0.4) is 0 Å². The van der Waals surface area contributed by atoms with Crippen molar-refractivity contribution >= 4 is 0 Å². The minimum Gasteiger partial charge on any atom is -0.378 e. The van der Waals surface area contributed by atoms with Crippen LogP contribution in [0.2, 0.25) is 0 Å². The molecule has 1 heteroatoms. The lowest BCUT2D eigenvalue weighted by molar-refractivity contribution is -0.0377. The van der Waals surface area contributed by atoms with Crippen molar-refractivity contribution in [3.63, 3.8) is 0 Å². The van der Waals surface area contributed by atoms with Crippen LogP contribution >= 0.6 is 0 Å². The van der Waals surface area contributed by atoms with Gasteiger partial charge in [-0.25, -0.2) is 0 Å². The molecule has 0 unspecified atom stereocenters. The van der Waals surface area contributed by atoms with Crippen LogP contribution in [0, 0.1) is 5.92 Å². The fraction of sp³-hybridized carbons (Fsp3) is 0.800. The van der Waals surface area contributed by atoms with Gasteiger partial charge < -0.3 is 4.74 Å². The third-order valence-corrected chi connectivity index (χ3v) is 2.53. The van der Waals surface area contributed by atoms with Crippen molar-refractivity contribution in [1.82, 2.24) is 0 Å². The molecular formula is C10H20O. The molecule has 0 saturated carbocycles. The number of methoxy groups -OCH3 is 1. The Morgan fingerprint density at radius 1 is 1.55 bits per heavy atom. The van der Waals surface area contributed by atoms with E-state index >= 15 is 0 Å². The van der Waals surface area contributed by atoms with Crippen molar-refractivity contribution in [2.24, 2.45) is 5.92 Å². The first-order chi connectivity index (χ1) is 5.06. The molecule has 0 heterocycles. The largest absolute Gasteiger partial charge is 0.378 e. The van der Waals surface area contributed by atoms with E-state index in [0.717, 1.165) is 12.8 Å². The summed E-state index contributed by atoms with van der Waals surface area (Å²) < 4.78 is 5.45. The van der Waals surface area contributed by atoms with Crippen LogP contribution in [0.1, 0.15) is 33.6 Å². The van der Waals surface area contributed by atoms with Crippen LogP contribution in [0.25, 0.3) is 0 Å². The van der Waals surface area contributed by atoms with Crippen LogP contribution in [0.5, 0.6) is 0 Å². The van der Waals surface area contributed by atoms with Gasteiger partial charge in [0.05, 0.1) is 5.60 Å². The minimum atomic E-state index is 0.0220. The highest BCUT2D eigenvalue weighted by Crippen LogP contribution is 2.25. The third-order valence-electron chi connectivity index (χ3n) is 2.53. The van der Waals surface area contributed by atoms with Crippen molar-refractivity contribution in [3.8, 4) is 0 Å². The molecule has 0 aliphatic heterocycles. The highest BCUT2D eigenvalue weighted by atomic mass is 16.5. The van der Waals surface area contributed by atoms with Crippen molar-refractivity contribution in [2.45, 2.75) is 39.2 Å². The smallest absolute Gasteiger partial charge is 0.0676 e. The maximum absolute atomic E-state index is 5.45. The van der Waals surface area contributed by atoms with Crippen LogP contribution in [-0.4, -0.2) is 12.7 Å². The minimum absolute atomic E-state index is 0.0220. The zero-order valence-corrected chi connectivity index (χ0v) is 8.18. The lowest BCUT2D eigenvalue weighted by Gasteiger charge is -2.32. The van der Waals surface area contributed by atoms with E-state index in [-0.39, 0.29) is 5.60 Å². The van der Waals surface area contributed by atoms with Gasteiger partial charge in [0.1, 0.15) is 0 Å². The summed E-state index contributed by atoms with van der Waals surface area (Å²) in [6, 6.07) is 0. The monoisotopic (exact) mass is 156 g/mol. The maximum atomic E-state index is 5.45. The summed E-state index contributed by atoms with van der Waals surface area (Å²) in [6.45, 7) is 10.2. The highest BCUT2D eigenvalue weighted by molar-refractivity contribution is 4.82. The summed E-state index contributed by atoms with van der Waals surface area (Å²) in [5.74, 6) is 0.562. The van der Waals surface area contributed by atoms with E-state index in [9.17, 15) is 0 Å². The summed E-state index contributed by atoms with van der Waals surface area (Å²) in [7, 11) is 1.78. The third kappa shape index (κ3) is 3.06. The summed E-state index contributed by atoms with van der Waals surface area (Å²) >= 11 is 0. The van der Waals surface area contributed by atoms with Gasteiger partial charge in [-0.2, -0.15) is 0 Å². The fourth-order valence-corrected chi connectivity index (χ4v) is 1.02. The number of hydrogen-bond acceptors (Lipinski definition) is 1. The van der Waals surface area contributed by atoms with Crippen LogP contribution in [0.4, 0.5) is 0 Å². The average molecular weight is 156 g/mol. The van der Waals surface area contributed by atoms with Crippen molar-refractivity contribution in [3.05, 3.63) is 12.7 Å². The normalized spacial score (nSPS) is 16.5. The topological polar surface area (TPSA) is 9.23 Å². The van der Waals surface area contributed by atoms with Crippen LogP contribution < -0.4 is 0 Å². The van der Waals surface area contributed by atoms with E-state index < -0.39 is 0 Å². The van der Waals surface area contributed by atoms with Gasteiger partial charge in [-0.3, -0.25) is 0 Å². The quantitative estimate of drug-likeness (QED) is 0.556. The molecular weight excluding hydrogens is 136 g/mol. The summed E-state index contributed by atoms with van der Waals surface area (Å²) in [4.78, 5) is 0. The molecule has 0 aliphatic rings. The molecule has 0 bridgehead atoms. The highest BCUT2D eigenvalue weighted by Gasteiger charge is 2.26. The first kappa shape index (κ1) is 10.7. The number of allylic oxidation sites excluding steroid dienone is 1. The van der Waals surface area contributed by atoms with Gasteiger partial charge in [0.15, 0.2) is 0 Å². The van der Waals surface area contributed by atoms with E-state index in [4.69, 9.17) is 4.74 Å². The molecule has 0 N–H and O–H groups in total. The second-order valence-corrected chi connectivity index (χ2v) is 3.50. The summed E-state index contributed by atoms with van der Waals surface area (Å²) in [6.07, 6.45) is 4.03. The Balaban J connectivity index is 3.98. The van der Waals surface area contributed by atoms with E-state index in [2.05, 4.69) is 27.4 Å². The average Bonchev–Trinajstić information content (AvgIpc) is 2.00. The van der Waals surface area contributed by atoms with E-state index in [1.807, 2.05) is 6.08 Å². The molecule has 11 heavy (non-hydrogen) atoms. The standard InChI is InChI=1S/C10H20O/c1-6-7-8-10(4,11-5)9(2)3/h6,9H,1,7-8H2,2-5H3/t10-/m1/s1. The molecule has 66 valence electrons. The van der Waals surface area contributed by atoms with Gasteiger partial charge >= 0.3 is 0 Å². The van der Waals surface area contributed by atoms with Gasteiger partial charge in [-0.05, 0) is 25.7 Å². The van der Waals surface area contributed by atoms with Crippen LogP contribution in [-0.2, 0) is 4.74 Å². The number of rotatable bonds is 5. The fourth-order valence-electron chi connectivity index (χ4n) is 1.02. The molecule has 0 amide bonds. The Hall–Kier alpha value is -0.300. The van der Waals surface area contributed by atoms with Crippen molar-refractivity contribution in [1.29, 1.82) is 0 Å². The molecule has 0 aromatic rings. The van der Waals surface area contributed by atoms with Gasteiger partial charge in [0, 0.05) is 7.11 Å². The Kier molecular flexibility index (Phi) is 4.43. The van der Waals surface area contributed by atoms with E-state index in [1.165, 1.54) is 0 Å². The lowest BCUT2D eigenvalue weighted by atomic mass is 9.88.